The van der Waals surface area contributed by atoms with Gasteiger partial charge in [-0.05, 0) is 37.3 Å². The van der Waals surface area contributed by atoms with Gasteiger partial charge in [0, 0.05) is 36.1 Å². The highest BCUT2D eigenvalue weighted by Gasteiger charge is 2.10. The number of aromatic nitrogens is 5. The van der Waals surface area contributed by atoms with E-state index < -0.39 is 0 Å². The number of hydrogen-bond donors (Lipinski definition) is 1. The van der Waals surface area contributed by atoms with E-state index >= 15 is 0 Å². The number of hydrogen-bond acceptors (Lipinski definition) is 4. The highest BCUT2D eigenvalue weighted by atomic mass is 16.1. The number of amides is 1. The molecule has 0 aliphatic heterocycles. The number of anilines is 1. The van der Waals surface area contributed by atoms with Crippen molar-refractivity contribution in [2.45, 2.75) is 6.92 Å². The number of aryl methyl sites for hydroxylation is 2. The van der Waals surface area contributed by atoms with Gasteiger partial charge in [0.15, 0.2) is 5.65 Å². The number of pyridine rings is 1. The van der Waals surface area contributed by atoms with Gasteiger partial charge < -0.3 is 9.88 Å². The van der Waals surface area contributed by atoms with Crippen molar-refractivity contribution in [3.8, 4) is 5.69 Å². The largest absolute Gasteiger partial charge is 0.321 e. The van der Waals surface area contributed by atoms with E-state index in [1.165, 1.54) is 0 Å². The Hall–Kier alpha value is -3.48. The number of nitrogens with one attached hydrogen (secondary N) is 1. The summed E-state index contributed by atoms with van der Waals surface area (Å²) in [5.41, 5.74) is 3.84. The lowest BCUT2D eigenvalue weighted by Crippen LogP contribution is -2.12. The van der Waals surface area contributed by atoms with Crippen LogP contribution in [0.15, 0.2) is 55.2 Å². The SMILES string of the molecule is Cc1nn(C)c2ncc(NC(=O)c3ccc(-n4ccnc4)cc3)cc12. The lowest BCUT2D eigenvalue weighted by atomic mass is 10.2. The van der Waals surface area contributed by atoms with Crippen molar-refractivity contribution >= 4 is 22.6 Å². The summed E-state index contributed by atoms with van der Waals surface area (Å²) in [4.78, 5) is 20.8. The molecule has 0 bridgehead atoms. The van der Waals surface area contributed by atoms with Crippen molar-refractivity contribution in [2.24, 2.45) is 7.05 Å². The Balaban J connectivity index is 1.56. The summed E-state index contributed by atoms with van der Waals surface area (Å²) in [6.45, 7) is 1.92. The van der Waals surface area contributed by atoms with Crippen LogP contribution in [0.5, 0.6) is 0 Å². The van der Waals surface area contributed by atoms with Crippen molar-refractivity contribution in [3.05, 3.63) is 66.5 Å². The summed E-state index contributed by atoms with van der Waals surface area (Å²) in [5.74, 6) is -0.181. The molecular formula is C18H16N6O. The molecule has 0 saturated carbocycles. The van der Waals surface area contributed by atoms with Gasteiger partial charge in [0.05, 0.1) is 23.9 Å². The highest BCUT2D eigenvalue weighted by molar-refractivity contribution is 6.05. The van der Waals surface area contributed by atoms with Crippen LogP contribution in [0.3, 0.4) is 0 Å². The number of carbonyl (C=O) groups excluding carboxylic acids is 1. The van der Waals surface area contributed by atoms with Gasteiger partial charge in [-0.1, -0.05) is 0 Å². The smallest absolute Gasteiger partial charge is 0.255 e. The first-order valence-electron chi connectivity index (χ1n) is 7.81. The number of benzene rings is 1. The molecule has 0 unspecified atom stereocenters. The molecule has 0 atom stereocenters. The van der Waals surface area contributed by atoms with Crippen LogP contribution in [0.1, 0.15) is 16.1 Å². The Morgan fingerprint density at radius 3 is 2.72 bits per heavy atom. The van der Waals surface area contributed by atoms with Crippen molar-refractivity contribution in [3.63, 3.8) is 0 Å². The minimum atomic E-state index is -0.181. The first-order chi connectivity index (χ1) is 12.1. The van der Waals surface area contributed by atoms with E-state index in [1.54, 1.807) is 35.5 Å². The second kappa shape index (κ2) is 5.86. The van der Waals surface area contributed by atoms with Crippen LogP contribution in [0.4, 0.5) is 5.69 Å². The Kier molecular flexibility index (Phi) is 3.53. The van der Waals surface area contributed by atoms with Crippen LogP contribution in [-0.2, 0) is 7.05 Å². The fourth-order valence-electron chi connectivity index (χ4n) is 2.78. The normalized spacial score (nSPS) is 11.0. The molecule has 4 rings (SSSR count). The van der Waals surface area contributed by atoms with Crippen LogP contribution in [0.2, 0.25) is 0 Å². The van der Waals surface area contributed by atoms with Crippen LogP contribution in [0.25, 0.3) is 16.7 Å². The topological polar surface area (TPSA) is 77.6 Å². The molecule has 1 N–H and O–H groups in total. The number of imidazole rings is 1. The average molecular weight is 332 g/mol. The zero-order chi connectivity index (χ0) is 17.4. The molecule has 0 aliphatic carbocycles. The fourth-order valence-corrected chi connectivity index (χ4v) is 2.78. The molecule has 0 aliphatic rings. The monoisotopic (exact) mass is 332 g/mol. The van der Waals surface area contributed by atoms with Crippen LogP contribution in [-0.4, -0.2) is 30.2 Å². The molecule has 124 valence electrons. The average Bonchev–Trinajstić information content (AvgIpc) is 3.24. The van der Waals surface area contributed by atoms with Crippen molar-refractivity contribution in [1.29, 1.82) is 0 Å². The number of fused-ring (bicyclic) bond motifs is 1. The van der Waals surface area contributed by atoms with Crippen LogP contribution >= 0.6 is 0 Å². The third-order valence-electron chi connectivity index (χ3n) is 4.05. The van der Waals surface area contributed by atoms with E-state index in [0.717, 1.165) is 22.4 Å². The fraction of sp³-hybridized carbons (Fsp3) is 0.111. The van der Waals surface area contributed by atoms with Crippen LogP contribution in [0, 0.1) is 6.92 Å². The maximum absolute atomic E-state index is 12.5. The van der Waals surface area contributed by atoms with Crippen molar-refractivity contribution in [1.82, 2.24) is 24.3 Å². The molecule has 25 heavy (non-hydrogen) atoms. The summed E-state index contributed by atoms with van der Waals surface area (Å²) in [7, 11) is 1.85. The maximum Gasteiger partial charge on any atom is 0.255 e. The van der Waals surface area contributed by atoms with E-state index in [-0.39, 0.29) is 5.91 Å². The van der Waals surface area contributed by atoms with E-state index in [2.05, 4.69) is 20.4 Å². The molecule has 0 fully saturated rings. The number of carbonyl (C=O) groups is 1. The van der Waals surface area contributed by atoms with E-state index in [9.17, 15) is 4.79 Å². The first kappa shape index (κ1) is 15.1. The van der Waals surface area contributed by atoms with Crippen molar-refractivity contribution < 1.29 is 4.79 Å². The molecule has 3 heterocycles. The third-order valence-corrected chi connectivity index (χ3v) is 4.05. The first-order valence-corrected chi connectivity index (χ1v) is 7.81. The zero-order valence-corrected chi connectivity index (χ0v) is 13.8. The predicted octanol–water partition coefficient (Wildman–Crippen LogP) is 2.71. The Bertz CT molecular complexity index is 1050. The summed E-state index contributed by atoms with van der Waals surface area (Å²) in [5, 5.41) is 8.15. The highest BCUT2D eigenvalue weighted by Crippen LogP contribution is 2.20. The van der Waals surface area contributed by atoms with Crippen molar-refractivity contribution in [2.75, 3.05) is 5.32 Å². The molecular weight excluding hydrogens is 316 g/mol. The van der Waals surface area contributed by atoms with E-state index in [4.69, 9.17) is 0 Å². The predicted molar refractivity (Wildman–Crippen MR) is 94.8 cm³/mol. The Morgan fingerprint density at radius 1 is 1.20 bits per heavy atom. The second-order valence-electron chi connectivity index (χ2n) is 5.78. The van der Waals surface area contributed by atoms with E-state index in [0.29, 0.717) is 11.3 Å². The zero-order valence-electron chi connectivity index (χ0n) is 13.8. The van der Waals surface area contributed by atoms with E-state index in [1.807, 2.05) is 42.9 Å². The standard InChI is InChI=1S/C18H16N6O/c1-12-16-9-14(10-20-17(16)23(2)22-12)21-18(25)13-3-5-15(6-4-13)24-8-7-19-11-24/h3-11H,1-2H3,(H,21,25). The molecule has 0 radical (unpaired) electrons. The number of rotatable bonds is 3. The second-order valence-corrected chi connectivity index (χ2v) is 5.78. The minimum absolute atomic E-state index is 0.181. The third kappa shape index (κ3) is 2.76. The van der Waals surface area contributed by atoms with Gasteiger partial charge in [-0.25, -0.2) is 9.97 Å². The van der Waals surface area contributed by atoms with Gasteiger partial charge in [-0.15, -0.1) is 0 Å². The maximum atomic E-state index is 12.5. The molecule has 1 aromatic carbocycles. The minimum Gasteiger partial charge on any atom is -0.321 e. The lowest BCUT2D eigenvalue weighted by molar-refractivity contribution is 0.102. The van der Waals surface area contributed by atoms with Crippen LogP contribution < -0.4 is 5.32 Å². The molecule has 3 aromatic heterocycles. The number of nitrogens with zero attached hydrogens (tertiary/aromatic N) is 5. The summed E-state index contributed by atoms with van der Waals surface area (Å²) < 4.78 is 3.61. The molecule has 4 aromatic rings. The Labute approximate surface area is 143 Å². The summed E-state index contributed by atoms with van der Waals surface area (Å²) >= 11 is 0. The van der Waals surface area contributed by atoms with Gasteiger partial charge >= 0.3 is 0 Å². The molecule has 1 amide bonds. The molecule has 0 saturated heterocycles. The lowest BCUT2D eigenvalue weighted by Gasteiger charge is -2.07. The van der Waals surface area contributed by atoms with Gasteiger partial charge in [0.1, 0.15) is 0 Å². The summed E-state index contributed by atoms with van der Waals surface area (Å²) in [6, 6.07) is 9.22. The quantitative estimate of drug-likeness (QED) is 0.626. The molecule has 7 heteroatoms. The molecule has 0 spiro atoms. The van der Waals surface area contributed by atoms with Gasteiger partial charge in [0.2, 0.25) is 0 Å². The Morgan fingerprint density at radius 2 is 2.00 bits per heavy atom. The molecule has 7 nitrogen and oxygen atoms in total. The summed E-state index contributed by atoms with van der Waals surface area (Å²) in [6.07, 6.45) is 6.92. The van der Waals surface area contributed by atoms with Gasteiger partial charge in [-0.2, -0.15) is 5.10 Å². The van der Waals surface area contributed by atoms with Gasteiger partial charge in [-0.3, -0.25) is 9.48 Å². The van der Waals surface area contributed by atoms with Gasteiger partial charge in [0.25, 0.3) is 5.91 Å².